The van der Waals surface area contributed by atoms with E-state index in [4.69, 9.17) is 14.2 Å². The second-order valence-electron chi connectivity index (χ2n) is 25.9. The summed E-state index contributed by atoms with van der Waals surface area (Å²) in [5.74, 6) is 1.44. The Balaban J connectivity index is 0.975. The van der Waals surface area contributed by atoms with E-state index in [9.17, 15) is 14.4 Å². The first-order valence-electron chi connectivity index (χ1n) is 24.9. The maximum absolute atomic E-state index is 15.1. The first-order chi connectivity index (χ1) is 28.7. The van der Waals surface area contributed by atoms with Crippen molar-refractivity contribution in [3.05, 3.63) is 12.2 Å². The minimum atomic E-state index is -0.558. The van der Waals surface area contributed by atoms with E-state index in [1.165, 1.54) is 12.0 Å². The van der Waals surface area contributed by atoms with Crippen molar-refractivity contribution in [3.63, 3.8) is 0 Å². The lowest BCUT2D eigenvalue weighted by molar-refractivity contribution is -0.251. The maximum Gasteiger partial charge on any atom is 0.310 e. The number of rotatable bonds is 7. The molecule has 1 heterocycles. The molecular weight excluding hydrogens is 777 g/mol. The van der Waals surface area contributed by atoms with Crippen molar-refractivity contribution in [1.29, 1.82) is 0 Å². The van der Waals surface area contributed by atoms with Gasteiger partial charge in [-0.15, -0.1) is 0 Å². The zero-order chi connectivity index (χ0) is 45.4. The molecule has 0 radical (unpaired) electrons. The number of nitrogens with one attached hydrogen (secondary N) is 1. The molecule has 1 saturated heterocycles. The molecule has 9 nitrogen and oxygen atoms in total. The van der Waals surface area contributed by atoms with Gasteiger partial charge in [-0.1, -0.05) is 74.5 Å². The molecular formula is C53H84N2O7. The van der Waals surface area contributed by atoms with Crippen LogP contribution >= 0.6 is 0 Å². The van der Waals surface area contributed by atoms with Crippen LogP contribution in [0.2, 0.25) is 0 Å². The highest BCUT2D eigenvalue weighted by molar-refractivity contribution is 5.86. The third kappa shape index (κ3) is 6.72. The molecule has 0 bridgehead atoms. The Labute approximate surface area is 374 Å². The second-order valence-corrected chi connectivity index (χ2v) is 25.9. The molecule has 8 aliphatic rings. The molecule has 0 unspecified atom stereocenters. The van der Waals surface area contributed by atoms with Crippen LogP contribution in [0.1, 0.15) is 167 Å². The fourth-order valence-corrected chi connectivity index (χ4v) is 16.9. The third-order valence-corrected chi connectivity index (χ3v) is 21.2. The SMILES string of the molecule is C=C(C)[C@@H]1CC[C@]2(C(=O)N[C@@H]3C[C@H](C(=O)N4CCOCC4)C3(C)C)CC[C@]3(C)[C@H](CC[C@@H]4[C@@]5(C)CC[C@H](OC(=O)[C@@H]6C[C@H](C(=O)OC(C)(C)C)C6(C)C)C(C)(C)[C@@H]5CC[C@]43C)[C@@H]12. The van der Waals surface area contributed by atoms with Gasteiger partial charge in [-0.05, 0) is 161 Å². The number of ether oxygens (including phenoxy) is 3. The van der Waals surface area contributed by atoms with Gasteiger partial charge in [0, 0.05) is 30.5 Å². The summed E-state index contributed by atoms with van der Waals surface area (Å²) in [6, 6.07) is -0.00667. The molecule has 7 saturated carbocycles. The molecule has 62 heavy (non-hydrogen) atoms. The first kappa shape index (κ1) is 46.1. The highest BCUT2D eigenvalue weighted by Gasteiger charge is 2.72. The minimum absolute atomic E-state index is 0.00667. The van der Waals surface area contributed by atoms with Crippen LogP contribution < -0.4 is 5.32 Å². The Morgan fingerprint density at radius 2 is 1.35 bits per heavy atom. The monoisotopic (exact) mass is 861 g/mol. The predicted octanol–water partition coefficient (Wildman–Crippen LogP) is 9.95. The number of fused-ring (bicyclic) bond motifs is 7. The summed E-state index contributed by atoms with van der Waals surface area (Å²) in [7, 11) is 0. The maximum atomic E-state index is 15.1. The van der Waals surface area contributed by atoms with Crippen LogP contribution in [-0.2, 0) is 33.4 Å². The van der Waals surface area contributed by atoms with Crippen molar-refractivity contribution in [2.75, 3.05) is 26.3 Å². The third-order valence-electron chi connectivity index (χ3n) is 21.2. The Morgan fingerprint density at radius 1 is 0.694 bits per heavy atom. The summed E-state index contributed by atoms with van der Waals surface area (Å²) in [5.41, 5.74) is -0.376. The van der Waals surface area contributed by atoms with Gasteiger partial charge >= 0.3 is 11.9 Å². The summed E-state index contributed by atoms with van der Waals surface area (Å²) in [6.07, 6.45) is 11.5. The van der Waals surface area contributed by atoms with E-state index in [-0.39, 0.29) is 86.6 Å². The normalized spacial score (nSPS) is 45.0. The molecule has 14 atom stereocenters. The molecule has 0 aromatic carbocycles. The topological polar surface area (TPSA) is 111 Å². The lowest BCUT2D eigenvalue weighted by atomic mass is 9.32. The standard InChI is InChI=1S/C53H84N2O7/c1-31(2)32-17-22-53(45(59)54-39-30-34(48(39,8)9)42(56)55-25-27-60-28-26-55)24-23-51(13)33(41(32)53)15-16-38-50(12)20-19-40(49(10,11)37(50)18-21-52(38,51)14)61-43(57)35-29-36(47(35,6)7)44(58)62-46(3,4)5/h32-41H,1,15-30H2,2-14H3,(H,54,59)/t32-,33+,34+,35-,36+,37-,38+,39+,40-,41+,50-,51+,52+,53-/m0/s1. The molecule has 1 N–H and O–H groups in total. The van der Waals surface area contributed by atoms with Gasteiger partial charge in [0.1, 0.15) is 11.7 Å². The van der Waals surface area contributed by atoms with E-state index >= 15 is 4.79 Å². The van der Waals surface area contributed by atoms with E-state index in [1.54, 1.807) is 0 Å². The van der Waals surface area contributed by atoms with Crippen molar-refractivity contribution in [1.82, 2.24) is 10.2 Å². The van der Waals surface area contributed by atoms with E-state index in [0.717, 1.165) is 57.8 Å². The molecule has 0 spiro atoms. The van der Waals surface area contributed by atoms with Crippen LogP contribution in [-0.4, -0.2) is 72.7 Å². The van der Waals surface area contributed by atoms with Crippen LogP contribution in [0.4, 0.5) is 0 Å². The van der Waals surface area contributed by atoms with Crippen LogP contribution in [0.15, 0.2) is 12.2 Å². The van der Waals surface area contributed by atoms with Gasteiger partial charge in [0.25, 0.3) is 0 Å². The summed E-state index contributed by atoms with van der Waals surface area (Å²) in [6.45, 7) is 36.0. The number of carbonyl (C=O) groups excluding carboxylic acids is 4. The number of morpholine rings is 1. The van der Waals surface area contributed by atoms with E-state index in [1.807, 2.05) is 39.5 Å². The first-order valence-corrected chi connectivity index (χ1v) is 24.9. The predicted molar refractivity (Wildman–Crippen MR) is 241 cm³/mol. The minimum Gasteiger partial charge on any atom is -0.462 e. The smallest absolute Gasteiger partial charge is 0.310 e. The average Bonchev–Trinajstić information content (AvgIpc) is 3.58. The quantitative estimate of drug-likeness (QED) is 0.201. The van der Waals surface area contributed by atoms with Crippen molar-refractivity contribution < 1.29 is 33.4 Å². The van der Waals surface area contributed by atoms with E-state index in [0.29, 0.717) is 62.8 Å². The van der Waals surface area contributed by atoms with Crippen molar-refractivity contribution in [2.45, 2.75) is 185 Å². The molecule has 2 amide bonds. The fraction of sp³-hybridized carbons (Fsp3) is 0.887. The molecule has 348 valence electrons. The molecule has 9 heteroatoms. The average molecular weight is 861 g/mol. The fourth-order valence-electron chi connectivity index (χ4n) is 16.9. The number of carbonyl (C=O) groups is 4. The number of esters is 2. The largest absolute Gasteiger partial charge is 0.462 e. The summed E-state index contributed by atoms with van der Waals surface area (Å²) in [5, 5.41) is 3.64. The molecule has 8 rings (SSSR count). The van der Waals surface area contributed by atoms with Gasteiger partial charge < -0.3 is 24.4 Å². The lowest BCUT2D eigenvalue weighted by Gasteiger charge is -2.73. The van der Waals surface area contributed by atoms with Crippen LogP contribution in [0, 0.1) is 85.2 Å². The highest BCUT2D eigenvalue weighted by atomic mass is 16.6. The van der Waals surface area contributed by atoms with Crippen LogP contribution in [0.3, 0.4) is 0 Å². The second kappa shape index (κ2) is 15.1. The number of amides is 2. The Hall–Kier alpha value is -2.42. The van der Waals surface area contributed by atoms with E-state index in [2.05, 4.69) is 67.3 Å². The lowest BCUT2D eigenvalue weighted by Crippen LogP contribution is -2.68. The van der Waals surface area contributed by atoms with E-state index < -0.39 is 16.4 Å². The summed E-state index contributed by atoms with van der Waals surface area (Å²) >= 11 is 0. The van der Waals surface area contributed by atoms with Gasteiger partial charge in [0.2, 0.25) is 11.8 Å². The Bertz CT molecular complexity index is 1840. The highest BCUT2D eigenvalue weighted by Crippen LogP contribution is 2.78. The molecule has 1 aliphatic heterocycles. The summed E-state index contributed by atoms with van der Waals surface area (Å²) in [4.78, 5) is 57.7. The van der Waals surface area contributed by atoms with Crippen LogP contribution in [0.25, 0.3) is 0 Å². The number of nitrogens with zero attached hydrogens (tertiary/aromatic N) is 1. The van der Waals surface area contributed by atoms with Gasteiger partial charge in [-0.25, -0.2) is 0 Å². The van der Waals surface area contributed by atoms with Crippen LogP contribution in [0.5, 0.6) is 0 Å². The van der Waals surface area contributed by atoms with Gasteiger partial charge in [-0.2, -0.15) is 0 Å². The number of allylic oxidation sites excluding steroid dienone is 1. The summed E-state index contributed by atoms with van der Waals surface area (Å²) < 4.78 is 17.8. The molecule has 0 aromatic heterocycles. The van der Waals surface area contributed by atoms with Crippen molar-refractivity contribution in [3.8, 4) is 0 Å². The Morgan fingerprint density at radius 3 is 1.97 bits per heavy atom. The van der Waals surface area contributed by atoms with Gasteiger partial charge in [0.05, 0.1) is 30.5 Å². The van der Waals surface area contributed by atoms with Gasteiger partial charge in [0.15, 0.2) is 0 Å². The zero-order valence-electron chi connectivity index (χ0n) is 41.1. The molecule has 7 aliphatic carbocycles. The van der Waals surface area contributed by atoms with Gasteiger partial charge in [-0.3, -0.25) is 19.2 Å². The van der Waals surface area contributed by atoms with Crippen molar-refractivity contribution in [2.24, 2.45) is 85.2 Å². The number of hydrogen-bond acceptors (Lipinski definition) is 7. The molecule has 8 fully saturated rings. The van der Waals surface area contributed by atoms with Crippen molar-refractivity contribution >= 4 is 23.8 Å². The number of hydrogen-bond donors (Lipinski definition) is 1. The zero-order valence-corrected chi connectivity index (χ0v) is 41.1. The molecule has 0 aromatic rings. The Kier molecular flexibility index (Phi) is 11.2.